The molecule has 0 heterocycles. The largest absolute Gasteiger partial charge is 0.550 e. The van der Waals surface area contributed by atoms with E-state index in [1.807, 2.05) is 19.1 Å². The Morgan fingerprint density at radius 2 is 2.31 bits per heavy atom. The molecule has 0 amide bonds. The summed E-state index contributed by atoms with van der Waals surface area (Å²) in [6.45, 7) is 2.03. The normalized spacial score (nSPS) is 18.2. The van der Waals surface area contributed by atoms with Gasteiger partial charge in [0, 0.05) is 5.97 Å². The van der Waals surface area contributed by atoms with Crippen molar-refractivity contribution in [1.29, 1.82) is 0 Å². The predicted molar refractivity (Wildman–Crippen MR) is 58.4 cm³/mol. The van der Waals surface area contributed by atoms with E-state index >= 15 is 0 Å². The molecule has 1 aliphatic rings. The molecule has 2 rings (SSSR count). The highest BCUT2D eigenvalue weighted by molar-refractivity contribution is 5.66. The molecule has 0 bridgehead atoms. The number of carbonyl (C=O) groups is 1. The number of carbonyl (C=O) groups excluding carboxylic acids is 1. The Hall–Kier alpha value is -1.51. The molecule has 1 aromatic carbocycles. The van der Waals surface area contributed by atoms with E-state index in [0.717, 1.165) is 29.7 Å². The number of carboxylic acid groups (broad SMARTS) is 1. The molecule has 86 valence electrons. The van der Waals surface area contributed by atoms with Gasteiger partial charge in [-0.2, -0.15) is 0 Å². The predicted octanol–water partition coefficient (Wildman–Crippen LogP) is 1.17. The lowest BCUT2D eigenvalue weighted by molar-refractivity contribution is -0.306. The van der Waals surface area contributed by atoms with Gasteiger partial charge in [-0.3, -0.25) is 0 Å². The first-order valence-electron chi connectivity index (χ1n) is 5.49. The third-order valence-electron chi connectivity index (χ3n) is 3.40. The Balaban J connectivity index is 2.35. The average molecular weight is 219 g/mol. The molecular formula is C13H15O3-. The summed E-state index contributed by atoms with van der Waals surface area (Å²) in [4.78, 5) is 10.6. The van der Waals surface area contributed by atoms with Crippen LogP contribution in [-0.2, 0) is 11.2 Å². The minimum atomic E-state index is -0.966. The SMILES string of the molecule is COc1ccc2c(c1C)CCC2CC(=O)[O-]. The van der Waals surface area contributed by atoms with Crippen LogP contribution in [0.1, 0.15) is 35.4 Å². The zero-order chi connectivity index (χ0) is 11.7. The molecule has 16 heavy (non-hydrogen) atoms. The zero-order valence-electron chi connectivity index (χ0n) is 9.58. The van der Waals surface area contributed by atoms with Gasteiger partial charge in [-0.05, 0) is 54.9 Å². The fourth-order valence-corrected chi connectivity index (χ4v) is 2.58. The fourth-order valence-electron chi connectivity index (χ4n) is 2.58. The Kier molecular flexibility index (Phi) is 2.86. The molecule has 0 radical (unpaired) electrons. The Morgan fingerprint density at radius 3 is 2.94 bits per heavy atom. The average Bonchev–Trinajstić information content (AvgIpc) is 2.62. The second kappa shape index (κ2) is 4.16. The second-order valence-corrected chi connectivity index (χ2v) is 4.27. The van der Waals surface area contributed by atoms with E-state index in [-0.39, 0.29) is 12.3 Å². The lowest BCUT2D eigenvalue weighted by atomic mass is 9.96. The lowest BCUT2D eigenvalue weighted by Gasteiger charge is -2.14. The monoisotopic (exact) mass is 219 g/mol. The Morgan fingerprint density at radius 1 is 1.56 bits per heavy atom. The summed E-state index contributed by atoms with van der Waals surface area (Å²) in [5, 5.41) is 10.6. The van der Waals surface area contributed by atoms with Gasteiger partial charge in [0.05, 0.1) is 7.11 Å². The maximum Gasteiger partial charge on any atom is 0.122 e. The number of ether oxygens (including phenoxy) is 1. The van der Waals surface area contributed by atoms with E-state index in [4.69, 9.17) is 4.74 Å². The Bertz CT molecular complexity index is 423. The zero-order valence-corrected chi connectivity index (χ0v) is 9.58. The minimum Gasteiger partial charge on any atom is -0.550 e. The fraction of sp³-hybridized carbons (Fsp3) is 0.462. The van der Waals surface area contributed by atoms with E-state index in [0.29, 0.717) is 0 Å². The summed E-state index contributed by atoms with van der Waals surface area (Å²) in [5.41, 5.74) is 3.55. The summed E-state index contributed by atoms with van der Waals surface area (Å²) in [6, 6.07) is 3.91. The molecule has 0 aromatic heterocycles. The van der Waals surface area contributed by atoms with Gasteiger partial charge >= 0.3 is 0 Å². The summed E-state index contributed by atoms with van der Waals surface area (Å²) >= 11 is 0. The van der Waals surface area contributed by atoms with Crippen LogP contribution in [0.25, 0.3) is 0 Å². The first-order valence-corrected chi connectivity index (χ1v) is 5.49. The van der Waals surface area contributed by atoms with Crippen LogP contribution < -0.4 is 9.84 Å². The van der Waals surface area contributed by atoms with Crippen molar-refractivity contribution in [2.24, 2.45) is 0 Å². The van der Waals surface area contributed by atoms with Gasteiger partial charge in [-0.25, -0.2) is 0 Å². The molecule has 1 aromatic rings. The van der Waals surface area contributed by atoms with Crippen LogP contribution in [0.5, 0.6) is 5.75 Å². The number of aliphatic carboxylic acids is 1. The van der Waals surface area contributed by atoms with Crippen LogP contribution in [0.2, 0.25) is 0 Å². The van der Waals surface area contributed by atoms with Crippen LogP contribution in [0.3, 0.4) is 0 Å². The third kappa shape index (κ3) is 1.77. The molecule has 0 saturated carbocycles. The van der Waals surface area contributed by atoms with Crippen molar-refractivity contribution in [3.05, 3.63) is 28.8 Å². The molecule has 3 nitrogen and oxygen atoms in total. The summed E-state index contributed by atoms with van der Waals surface area (Å²) < 4.78 is 5.26. The summed E-state index contributed by atoms with van der Waals surface area (Å²) in [6.07, 6.45) is 1.96. The third-order valence-corrected chi connectivity index (χ3v) is 3.40. The second-order valence-electron chi connectivity index (χ2n) is 4.27. The van der Waals surface area contributed by atoms with Crippen molar-refractivity contribution < 1.29 is 14.6 Å². The van der Waals surface area contributed by atoms with Gasteiger partial charge in [0.25, 0.3) is 0 Å². The van der Waals surface area contributed by atoms with Crippen LogP contribution >= 0.6 is 0 Å². The first kappa shape index (κ1) is 11.0. The van der Waals surface area contributed by atoms with E-state index in [9.17, 15) is 9.90 Å². The van der Waals surface area contributed by atoms with Crippen molar-refractivity contribution in [2.75, 3.05) is 7.11 Å². The molecule has 0 saturated heterocycles. The molecule has 1 unspecified atom stereocenters. The number of fused-ring (bicyclic) bond motifs is 1. The van der Waals surface area contributed by atoms with Crippen molar-refractivity contribution in [2.45, 2.75) is 32.1 Å². The van der Waals surface area contributed by atoms with Gasteiger partial charge in [-0.15, -0.1) is 0 Å². The van der Waals surface area contributed by atoms with E-state index in [1.54, 1.807) is 7.11 Å². The highest BCUT2D eigenvalue weighted by Crippen LogP contribution is 2.39. The topological polar surface area (TPSA) is 49.4 Å². The number of benzene rings is 1. The number of rotatable bonds is 3. The van der Waals surface area contributed by atoms with Crippen LogP contribution in [0.4, 0.5) is 0 Å². The maximum absolute atomic E-state index is 10.6. The quantitative estimate of drug-likeness (QED) is 0.766. The number of carboxylic acids is 1. The van der Waals surface area contributed by atoms with Crippen molar-refractivity contribution >= 4 is 5.97 Å². The minimum absolute atomic E-state index is 0.115. The van der Waals surface area contributed by atoms with Gasteiger partial charge < -0.3 is 14.6 Å². The highest BCUT2D eigenvalue weighted by atomic mass is 16.5. The van der Waals surface area contributed by atoms with Crippen molar-refractivity contribution in [3.8, 4) is 5.75 Å². The molecular weight excluding hydrogens is 204 g/mol. The van der Waals surface area contributed by atoms with E-state index in [2.05, 4.69) is 0 Å². The van der Waals surface area contributed by atoms with Gasteiger partial charge in [0.2, 0.25) is 0 Å². The van der Waals surface area contributed by atoms with Gasteiger partial charge in [0.15, 0.2) is 0 Å². The smallest absolute Gasteiger partial charge is 0.122 e. The van der Waals surface area contributed by atoms with Crippen LogP contribution in [0.15, 0.2) is 12.1 Å². The molecule has 3 heteroatoms. The molecule has 1 aliphatic carbocycles. The summed E-state index contributed by atoms with van der Waals surface area (Å²) in [7, 11) is 1.66. The van der Waals surface area contributed by atoms with Crippen LogP contribution in [0, 0.1) is 6.92 Å². The van der Waals surface area contributed by atoms with Crippen molar-refractivity contribution in [3.63, 3.8) is 0 Å². The van der Waals surface area contributed by atoms with Crippen LogP contribution in [-0.4, -0.2) is 13.1 Å². The number of hydrogen-bond acceptors (Lipinski definition) is 3. The van der Waals surface area contributed by atoms with Gasteiger partial charge in [-0.1, -0.05) is 6.07 Å². The standard InChI is InChI=1S/C13H16O3/c1-8-10-4-3-9(7-13(14)15)11(10)5-6-12(8)16-2/h5-6,9H,3-4,7H2,1-2H3,(H,14,15)/p-1. The van der Waals surface area contributed by atoms with Crippen molar-refractivity contribution in [1.82, 2.24) is 0 Å². The van der Waals surface area contributed by atoms with E-state index in [1.165, 1.54) is 5.56 Å². The lowest BCUT2D eigenvalue weighted by Crippen LogP contribution is -2.23. The maximum atomic E-state index is 10.6. The molecule has 1 atom stereocenters. The molecule has 0 spiro atoms. The molecule has 0 N–H and O–H groups in total. The molecule has 0 aliphatic heterocycles. The Labute approximate surface area is 95.0 Å². The molecule has 0 fully saturated rings. The highest BCUT2D eigenvalue weighted by Gasteiger charge is 2.24. The van der Waals surface area contributed by atoms with E-state index < -0.39 is 5.97 Å². The number of methoxy groups -OCH3 is 1. The summed E-state index contributed by atoms with van der Waals surface area (Å²) in [5.74, 6) is 0.0313. The first-order chi connectivity index (χ1) is 7.63. The number of hydrogen-bond donors (Lipinski definition) is 0. The van der Waals surface area contributed by atoms with Gasteiger partial charge in [0.1, 0.15) is 5.75 Å².